The first-order chi connectivity index (χ1) is 28.4. The van der Waals surface area contributed by atoms with Gasteiger partial charge in [0.2, 0.25) is 0 Å². The zero-order chi connectivity index (χ0) is 42.0. The van der Waals surface area contributed by atoms with Crippen molar-refractivity contribution in [3.8, 4) is 0 Å². The Balaban J connectivity index is 0.00000112. The first kappa shape index (κ1) is 57.8. The first-order valence-corrected chi connectivity index (χ1v) is 23.4. The third kappa shape index (κ3) is 43.2. The number of hydrogen-bond acceptors (Lipinski definition) is 8. The van der Waals surface area contributed by atoms with E-state index in [0.29, 0.717) is 13.2 Å². The van der Waals surface area contributed by atoms with E-state index >= 15 is 0 Å². The largest absolute Gasteiger partial charge is 2.00 e. The fraction of sp³-hybridized carbons (Fsp3) is 0.720. The maximum Gasteiger partial charge on any atom is 2.00 e. The van der Waals surface area contributed by atoms with Crippen LogP contribution in [0.15, 0.2) is 60.7 Å². The summed E-state index contributed by atoms with van der Waals surface area (Å²) in [4.78, 5) is 20.6. The van der Waals surface area contributed by atoms with E-state index in [1.165, 1.54) is 88.2 Å². The summed E-state index contributed by atoms with van der Waals surface area (Å²) in [6.07, 6.45) is 30.7. The minimum Gasteiger partial charge on any atom is -0.550 e. The smallest absolute Gasteiger partial charge is 0.550 e. The summed E-state index contributed by atoms with van der Waals surface area (Å²) in [6, 6.07) is 20.4. The number of aliphatic hydroxyl groups excluding tert-OH is 2. The van der Waals surface area contributed by atoms with Crippen LogP contribution < -0.4 is 10.2 Å². The number of carboxylic acid groups (broad SMARTS) is 2. The number of carboxylic acids is 2. The molecule has 332 valence electrons. The molecule has 0 heterocycles. The molecule has 0 fully saturated rings. The average Bonchev–Trinajstić information content (AvgIpc) is 3.22. The van der Waals surface area contributed by atoms with Crippen molar-refractivity contribution < 1.29 is 39.5 Å². The molecule has 0 saturated heterocycles. The van der Waals surface area contributed by atoms with E-state index in [4.69, 9.17) is 9.47 Å². The van der Waals surface area contributed by atoms with Gasteiger partial charge >= 0.3 is 48.9 Å². The molecule has 2 unspecified atom stereocenters. The minimum absolute atomic E-state index is 0. The fourth-order valence-corrected chi connectivity index (χ4v) is 7.11. The number of aliphatic hydroxyl groups is 2. The van der Waals surface area contributed by atoms with Crippen molar-refractivity contribution in [3.63, 3.8) is 0 Å². The van der Waals surface area contributed by atoms with Gasteiger partial charge in [0.15, 0.2) is 0 Å². The molecule has 0 aromatic heterocycles. The summed E-state index contributed by atoms with van der Waals surface area (Å²) in [7, 11) is 0. The Labute approximate surface area is 400 Å². The van der Waals surface area contributed by atoms with Gasteiger partial charge in [0, 0.05) is 25.2 Å². The number of unbranched alkanes of at least 4 members (excludes halogenated alkanes) is 20. The van der Waals surface area contributed by atoms with Crippen molar-refractivity contribution in [1.29, 1.82) is 0 Å². The van der Waals surface area contributed by atoms with Gasteiger partial charge in [0.1, 0.15) is 0 Å². The van der Waals surface area contributed by atoms with Gasteiger partial charge in [-0.3, -0.25) is 0 Å². The molecule has 0 aliphatic carbocycles. The molecule has 2 N–H and O–H groups in total. The molecule has 0 amide bonds. The van der Waals surface area contributed by atoms with Crippen molar-refractivity contribution in [1.82, 2.24) is 0 Å². The molecular formula is C50H82BaO8. The SMILES string of the molecule is O=C([O-])CCCCCCCCCCCCC(O)CCCCOCc1ccccc1.O=C([O-])CCCCCCCCCCCCC(O)CCCCOCc1ccccc1.[Ba+2]. The van der Waals surface area contributed by atoms with Crippen LogP contribution in [0.4, 0.5) is 0 Å². The van der Waals surface area contributed by atoms with Gasteiger partial charge in [-0.15, -0.1) is 0 Å². The number of benzene rings is 2. The van der Waals surface area contributed by atoms with Crippen LogP contribution in [-0.2, 0) is 32.3 Å². The molecular weight excluding hydrogens is 866 g/mol. The minimum atomic E-state index is -0.928. The second kappa shape index (κ2) is 44.8. The van der Waals surface area contributed by atoms with Crippen molar-refractivity contribution in [2.24, 2.45) is 0 Å². The Morgan fingerprint density at radius 2 is 0.661 bits per heavy atom. The molecule has 0 radical (unpaired) electrons. The zero-order valence-electron chi connectivity index (χ0n) is 37.0. The van der Waals surface area contributed by atoms with E-state index in [1.54, 1.807) is 0 Å². The number of aliphatic carboxylic acids is 2. The Morgan fingerprint density at radius 3 is 0.949 bits per heavy atom. The van der Waals surface area contributed by atoms with Crippen LogP contribution in [0, 0.1) is 0 Å². The third-order valence-corrected chi connectivity index (χ3v) is 10.7. The molecule has 2 atom stereocenters. The van der Waals surface area contributed by atoms with Crippen LogP contribution in [-0.4, -0.2) is 96.5 Å². The summed E-state index contributed by atoms with van der Waals surface area (Å²) >= 11 is 0. The maximum absolute atomic E-state index is 10.3. The predicted molar refractivity (Wildman–Crippen MR) is 238 cm³/mol. The topological polar surface area (TPSA) is 139 Å². The van der Waals surface area contributed by atoms with Crippen molar-refractivity contribution >= 4 is 60.8 Å². The van der Waals surface area contributed by atoms with Crippen molar-refractivity contribution in [2.75, 3.05) is 13.2 Å². The second-order valence-corrected chi connectivity index (χ2v) is 16.3. The molecule has 2 aromatic rings. The summed E-state index contributed by atoms with van der Waals surface area (Å²) in [5, 5.41) is 40.8. The van der Waals surface area contributed by atoms with Crippen LogP contribution in [0.5, 0.6) is 0 Å². The quantitative estimate of drug-likeness (QED) is 0.0498. The van der Waals surface area contributed by atoms with Gasteiger partial charge < -0.3 is 39.5 Å². The molecule has 0 aliphatic heterocycles. The molecule has 9 heteroatoms. The van der Waals surface area contributed by atoms with E-state index in [2.05, 4.69) is 24.3 Å². The van der Waals surface area contributed by atoms with Gasteiger partial charge in [0.25, 0.3) is 0 Å². The number of carbonyl (C=O) groups excluding carboxylic acids is 2. The number of carbonyl (C=O) groups is 2. The Kier molecular flexibility index (Phi) is 43.9. The average molecular weight is 949 g/mol. The van der Waals surface area contributed by atoms with E-state index in [-0.39, 0.29) is 73.9 Å². The fourth-order valence-electron chi connectivity index (χ4n) is 7.11. The molecule has 0 spiro atoms. The standard InChI is InChI=1S/2C25H42O4.Ba/c2*26-24(19-14-15-21-29-22-23-16-10-9-11-17-23)18-12-7-5-3-1-2-4-6-8-13-20-25(27)28;/h2*9-11,16-17,24,26H,1-8,12-15,18-22H2,(H,27,28);/q;;+2/p-2. The summed E-state index contributed by atoms with van der Waals surface area (Å²) in [6.45, 7) is 2.87. The van der Waals surface area contributed by atoms with Gasteiger partial charge in [-0.1, -0.05) is 176 Å². The van der Waals surface area contributed by atoms with Gasteiger partial charge in [-0.05, 0) is 88.2 Å². The Hall–Kier alpha value is -1.21. The van der Waals surface area contributed by atoms with E-state index in [9.17, 15) is 30.0 Å². The third-order valence-electron chi connectivity index (χ3n) is 10.7. The summed E-state index contributed by atoms with van der Waals surface area (Å²) < 4.78 is 11.4. The van der Waals surface area contributed by atoms with Gasteiger partial charge in [-0.2, -0.15) is 0 Å². The molecule has 2 aromatic carbocycles. The predicted octanol–water partition coefficient (Wildman–Crippen LogP) is 9.95. The molecule has 59 heavy (non-hydrogen) atoms. The number of hydrogen-bond donors (Lipinski definition) is 2. The Morgan fingerprint density at radius 1 is 0.407 bits per heavy atom. The van der Waals surface area contributed by atoms with E-state index in [0.717, 1.165) is 116 Å². The van der Waals surface area contributed by atoms with Crippen molar-refractivity contribution in [3.05, 3.63) is 71.8 Å². The number of rotatable bonds is 40. The normalized spacial score (nSPS) is 12.0. The van der Waals surface area contributed by atoms with Crippen LogP contribution in [0.1, 0.15) is 204 Å². The van der Waals surface area contributed by atoms with Crippen LogP contribution in [0.3, 0.4) is 0 Å². The zero-order valence-corrected chi connectivity index (χ0v) is 41.5. The number of ether oxygens (including phenoxy) is 2. The van der Waals surface area contributed by atoms with E-state index in [1.807, 2.05) is 36.4 Å². The van der Waals surface area contributed by atoms with Gasteiger partial charge in [-0.25, -0.2) is 0 Å². The summed E-state index contributed by atoms with van der Waals surface area (Å²) in [5.74, 6) is -1.86. The monoisotopic (exact) mass is 949 g/mol. The van der Waals surface area contributed by atoms with Crippen LogP contribution in [0.25, 0.3) is 0 Å². The molecule has 0 saturated carbocycles. The Bertz CT molecular complexity index is 1080. The first-order valence-electron chi connectivity index (χ1n) is 23.4. The van der Waals surface area contributed by atoms with E-state index < -0.39 is 11.9 Å². The molecule has 8 nitrogen and oxygen atoms in total. The van der Waals surface area contributed by atoms with Gasteiger partial charge in [0.05, 0.1) is 25.4 Å². The second-order valence-electron chi connectivity index (χ2n) is 16.3. The summed E-state index contributed by atoms with van der Waals surface area (Å²) in [5.41, 5.74) is 2.42. The maximum atomic E-state index is 10.3. The molecule has 2 rings (SSSR count). The van der Waals surface area contributed by atoms with Crippen LogP contribution in [0.2, 0.25) is 0 Å². The molecule has 0 aliphatic rings. The van der Waals surface area contributed by atoms with Crippen molar-refractivity contribution in [2.45, 2.75) is 218 Å². The molecule has 0 bridgehead atoms. The van der Waals surface area contributed by atoms with Crippen LogP contribution >= 0.6 is 0 Å².